The minimum Gasteiger partial charge on any atom is -0.497 e. The minimum absolute atomic E-state index is 0.0335. The maximum atomic E-state index is 13.0. The molecule has 2 aromatic heterocycles. The van der Waals surface area contributed by atoms with Crippen LogP contribution in [0.4, 0.5) is 0 Å². The first-order chi connectivity index (χ1) is 15.9. The zero-order valence-corrected chi connectivity index (χ0v) is 20.1. The summed E-state index contributed by atoms with van der Waals surface area (Å²) in [5.41, 5.74) is 4.51. The number of thioether (sulfide) groups is 1. The molecular weight excluding hydrogens is 434 g/mol. The molecule has 0 unspecified atom stereocenters. The molecule has 0 radical (unpaired) electrons. The van der Waals surface area contributed by atoms with Crippen molar-refractivity contribution < 1.29 is 9.53 Å². The van der Waals surface area contributed by atoms with E-state index in [1.54, 1.807) is 20.2 Å². The first-order valence-electron chi connectivity index (χ1n) is 10.8. The van der Waals surface area contributed by atoms with Crippen LogP contribution in [0.5, 0.6) is 5.75 Å². The third-order valence-electron chi connectivity index (χ3n) is 5.93. The van der Waals surface area contributed by atoms with Gasteiger partial charge in [-0.25, -0.2) is 4.98 Å². The molecule has 0 spiro atoms. The summed E-state index contributed by atoms with van der Waals surface area (Å²) in [6, 6.07) is 17.3. The zero-order valence-electron chi connectivity index (χ0n) is 19.3. The largest absolute Gasteiger partial charge is 0.497 e. The van der Waals surface area contributed by atoms with Crippen molar-refractivity contribution in [2.75, 3.05) is 12.9 Å². The highest BCUT2D eigenvalue weighted by atomic mass is 32.2. The standard InChI is InChI=1S/C26H27N3O3S/c1-17-15-22(18(2)29(17)14-13-19-9-11-20(32-4)12-10-19)24(30)16-33-26-27-23-8-6-5-7-21(23)25(31)28(26)3/h5-12,15H,13-14,16H2,1-4H3. The van der Waals surface area contributed by atoms with E-state index < -0.39 is 0 Å². The van der Waals surface area contributed by atoms with Crippen LogP contribution in [0, 0.1) is 13.8 Å². The topological polar surface area (TPSA) is 66.1 Å². The summed E-state index contributed by atoms with van der Waals surface area (Å²) in [5.74, 6) is 1.10. The van der Waals surface area contributed by atoms with Crippen LogP contribution < -0.4 is 10.3 Å². The van der Waals surface area contributed by atoms with Crippen LogP contribution >= 0.6 is 11.8 Å². The molecule has 7 heteroatoms. The Morgan fingerprint density at radius 2 is 1.82 bits per heavy atom. The highest BCUT2D eigenvalue weighted by molar-refractivity contribution is 7.99. The second kappa shape index (κ2) is 9.67. The second-order valence-electron chi connectivity index (χ2n) is 8.02. The van der Waals surface area contributed by atoms with Gasteiger partial charge < -0.3 is 9.30 Å². The number of hydrogen-bond acceptors (Lipinski definition) is 5. The first-order valence-corrected chi connectivity index (χ1v) is 11.8. The molecule has 2 aromatic carbocycles. The van der Waals surface area contributed by atoms with Crippen LogP contribution in [0.25, 0.3) is 10.9 Å². The molecular formula is C26H27N3O3S. The fourth-order valence-electron chi connectivity index (χ4n) is 4.00. The van der Waals surface area contributed by atoms with Crippen molar-refractivity contribution in [3.8, 4) is 5.75 Å². The molecule has 170 valence electrons. The number of nitrogens with zero attached hydrogens (tertiary/aromatic N) is 3. The summed E-state index contributed by atoms with van der Waals surface area (Å²) in [5, 5.41) is 1.12. The van der Waals surface area contributed by atoms with Gasteiger partial charge in [-0.2, -0.15) is 0 Å². The average Bonchev–Trinajstić information content (AvgIpc) is 3.12. The number of carbonyl (C=O) groups excluding carboxylic acids is 1. The van der Waals surface area contributed by atoms with E-state index in [1.807, 2.05) is 50.2 Å². The lowest BCUT2D eigenvalue weighted by molar-refractivity contribution is 0.102. The van der Waals surface area contributed by atoms with E-state index in [0.29, 0.717) is 16.1 Å². The van der Waals surface area contributed by atoms with E-state index in [1.165, 1.54) is 21.9 Å². The lowest BCUT2D eigenvalue weighted by Gasteiger charge is -2.11. The van der Waals surface area contributed by atoms with E-state index in [0.717, 1.165) is 35.7 Å². The van der Waals surface area contributed by atoms with Crippen molar-refractivity contribution >= 4 is 28.4 Å². The number of aromatic nitrogens is 3. The summed E-state index contributed by atoms with van der Waals surface area (Å²) < 4.78 is 8.92. The van der Waals surface area contributed by atoms with Crippen molar-refractivity contribution in [2.24, 2.45) is 7.05 Å². The molecule has 0 saturated carbocycles. The number of carbonyl (C=O) groups is 1. The number of Topliss-reactive ketones (excluding diaryl/α,β-unsaturated/α-hetero) is 1. The van der Waals surface area contributed by atoms with E-state index in [2.05, 4.69) is 21.7 Å². The van der Waals surface area contributed by atoms with Gasteiger partial charge in [-0.15, -0.1) is 0 Å². The van der Waals surface area contributed by atoms with Gasteiger partial charge in [0.15, 0.2) is 10.9 Å². The van der Waals surface area contributed by atoms with Crippen molar-refractivity contribution in [3.63, 3.8) is 0 Å². The number of benzene rings is 2. The molecule has 4 aromatic rings. The maximum Gasteiger partial charge on any atom is 0.261 e. The number of methoxy groups -OCH3 is 1. The van der Waals surface area contributed by atoms with Crippen molar-refractivity contribution in [1.29, 1.82) is 0 Å². The molecule has 0 aliphatic carbocycles. The zero-order chi connectivity index (χ0) is 23.5. The summed E-state index contributed by atoms with van der Waals surface area (Å²) in [6.45, 7) is 4.81. The fourth-order valence-corrected chi connectivity index (χ4v) is 4.85. The Bertz CT molecular complexity index is 1370. The lowest BCUT2D eigenvalue weighted by atomic mass is 10.1. The monoisotopic (exact) mass is 461 g/mol. The molecule has 0 bridgehead atoms. The Hall–Kier alpha value is -3.32. The number of hydrogen-bond donors (Lipinski definition) is 0. The minimum atomic E-state index is -0.104. The van der Waals surface area contributed by atoms with Gasteiger partial charge in [0.25, 0.3) is 5.56 Å². The summed E-state index contributed by atoms with van der Waals surface area (Å²) in [7, 11) is 3.35. The van der Waals surface area contributed by atoms with Crippen LogP contribution in [0.3, 0.4) is 0 Å². The third-order valence-corrected chi connectivity index (χ3v) is 6.96. The molecule has 0 aliphatic heterocycles. The quantitative estimate of drug-likeness (QED) is 0.218. The normalized spacial score (nSPS) is 11.2. The molecule has 0 atom stereocenters. The number of fused-ring (bicyclic) bond motifs is 1. The Kier molecular flexibility index (Phi) is 6.70. The number of rotatable bonds is 8. The van der Waals surface area contributed by atoms with Gasteiger partial charge in [0.2, 0.25) is 0 Å². The van der Waals surface area contributed by atoms with E-state index in [4.69, 9.17) is 4.74 Å². The van der Waals surface area contributed by atoms with Crippen LogP contribution in [-0.2, 0) is 20.0 Å². The van der Waals surface area contributed by atoms with Crippen LogP contribution in [-0.4, -0.2) is 32.8 Å². The molecule has 6 nitrogen and oxygen atoms in total. The van der Waals surface area contributed by atoms with Crippen molar-refractivity contribution in [2.45, 2.75) is 32.0 Å². The predicted molar refractivity (Wildman–Crippen MR) is 133 cm³/mol. The number of ketones is 1. The highest BCUT2D eigenvalue weighted by Gasteiger charge is 2.17. The lowest BCUT2D eigenvalue weighted by Crippen LogP contribution is -2.20. The molecule has 0 N–H and O–H groups in total. The van der Waals surface area contributed by atoms with E-state index in [9.17, 15) is 9.59 Å². The van der Waals surface area contributed by atoms with Crippen LogP contribution in [0.1, 0.15) is 27.3 Å². The summed E-state index contributed by atoms with van der Waals surface area (Å²) in [6.07, 6.45) is 0.867. The molecule has 4 rings (SSSR count). The van der Waals surface area contributed by atoms with E-state index in [-0.39, 0.29) is 17.1 Å². The fraction of sp³-hybridized carbons (Fsp3) is 0.269. The molecule has 0 fully saturated rings. The van der Waals surface area contributed by atoms with Crippen molar-refractivity contribution in [1.82, 2.24) is 14.1 Å². The highest BCUT2D eigenvalue weighted by Crippen LogP contribution is 2.22. The SMILES string of the molecule is COc1ccc(CCn2c(C)cc(C(=O)CSc3nc4ccccc4c(=O)n3C)c2C)cc1. The smallest absolute Gasteiger partial charge is 0.261 e. The maximum absolute atomic E-state index is 13.0. The Morgan fingerprint density at radius 1 is 1.09 bits per heavy atom. The number of para-hydroxylation sites is 1. The van der Waals surface area contributed by atoms with Crippen LogP contribution in [0.2, 0.25) is 0 Å². The number of aryl methyl sites for hydroxylation is 2. The second-order valence-corrected chi connectivity index (χ2v) is 8.96. The molecule has 0 saturated heterocycles. The molecule has 2 heterocycles. The van der Waals surface area contributed by atoms with Gasteiger partial charge in [0.05, 0.1) is 23.8 Å². The summed E-state index contributed by atoms with van der Waals surface area (Å²) >= 11 is 1.30. The summed E-state index contributed by atoms with van der Waals surface area (Å²) in [4.78, 5) is 30.2. The Morgan fingerprint density at radius 3 is 2.55 bits per heavy atom. The molecule has 33 heavy (non-hydrogen) atoms. The predicted octanol–water partition coefficient (Wildman–Crippen LogP) is 4.58. The first kappa shape index (κ1) is 22.9. The Balaban J connectivity index is 1.47. The van der Waals surface area contributed by atoms with Gasteiger partial charge in [-0.05, 0) is 56.2 Å². The van der Waals surface area contributed by atoms with Crippen LogP contribution in [0.15, 0.2) is 64.5 Å². The molecule has 0 aliphatic rings. The molecule has 0 amide bonds. The van der Waals surface area contributed by atoms with E-state index >= 15 is 0 Å². The van der Waals surface area contributed by atoms with Gasteiger partial charge >= 0.3 is 0 Å². The van der Waals surface area contributed by atoms with Gasteiger partial charge in [-0.1, -0.05) is 36.0 Å². The van der Waals surface area contributed by atoms with Crippen molar-refractivity contribution in [3.05, 3.63) is 87.5 Å². The van der Waals surface area contributed by atoms with Gasteiger partial charge in [0, 0.05) is 30.5 Å². The average molecular weight is 462 g/mol. The third kappa shape index (κ3) is 4.73. The van der Waals surface area contributed by atoms with Gasteiger partial charge in [0.1, 0.15) is 5.75 Å². The Labute approximate surface area is 197 Å². The number of ether oxygens (including phenoxy) is 1. The van der Waals surface area contributed by atoms with Gasteiger partial charge in [-0.3, -0.25) is 14.2 Å².